The van der Waals surface area contributed by atoms with Gasteiger partial charge in [-0.3, -0.25) is 0 Å². The molecular weight excluding hydrogens is 433 g/mol. The van der Waals surface area contributed by atoms with Crippen molar-refractivity contribution in [1.29, 1.82) is 0 Å². The summed E-state index contributed by atoms with van der Waals surface area (Å²) in [6.45, 7) is 12.6. The maximum absolute atomic E-state index is 13.6. The van der Waals surface area contributed by atoms with E-state index in [0.717, 1.165) is 29.1 Å². The highest BCUT2D eigenvalue weighted by atomic mass is 32.2. The van der Waals surface area contributed by atoms with Crippen molar-refractivity contribution in [2.75, 3.05) is 0 Å². The van der Waals surface area contributed by atoms with E-state index in [-0.39, 0.29) is 11.6 Å². The Kier molecular flexibility index (Phi) is 7.03. The summed E-state index contributed by atoms with van der Waals surface area (Å²) in [4.78, 5) is 0. The molecule has 0 saturated carbocycles. The lowest BCUT2D eigenvalue weighted by Gasteiger charge is -2.26. The lowest BCUT2D eigenvalue weighted by molar-refractivity contribution is -0.137. The van der Waals surface area contributed by atoms with E-state index in [9.17, 15) is 17.7 Å². The monoisotopic (exact) mass is 464 g/mol. The van der Waals surface area contributed by atoms with E-state index in [1.807, 2.05) is 46.0 Å². The SMILES string of the molecule is CC(C)Cn1cc([C@H](C)N[S@+]([O-])C(C)(C)C)c2ccc(-c3ccccc3C(F)(F)F)cc21. The second kappa shape index (κ2) is 9.12. The Hall–Kier alpha value is -1.96. The molecule has 2 aromatic carbocycles. The normalized spacial score (nSPS) is 14.8. The van der Waals surface area contributed by atoms with Crippen LogP contribution in [0.15, 0.2) is 48.7 Å². The van der Waals surface area contributed by atoms with Crippen molar-refractivity contribution >= 4 is 22.3 Å². The van der Waals surface area contributed by atoms with E-state index in [2.05, 4.69) is 23.1 Å². The number of fused-ring (bicyclic) bond motifs is 1. The zero-order chi connectivity index (χ0) is 23.8. The molecule has 174 valence electrons. The van der Waals surface area contributed by atoms with Gasteiger partial charge in [0.15, 0.2) is 0 Å². The van der Waals surface area contributed by atoms with E-state index in [1.165, 1.54) is 12.1 Å². The van der Waals surface area contributed by atoms with Gasteiger partial charge >= 0.3 is 6.18 Å². The zero-order valence-electron chi connectivity index (χ0n) is 19.4. The number of halogens is 3. The van der Waals surface area contributed by atoms with Crippen LogP contribution >= 0.6 is 0 Å². The van der Waals surface area contributed by atoms with Gasteiger partial charge in [-0.15, -0.1) is 4.72 Å². The minimum atomic E-state index is -4.42. The van der Waals surface area contributed by atoms with Gasteiger partial charge in [-0.2, -0.15) is 13.2 Å². The molecule has 3 nitrogen and oxygen atoms in total. The summed E-state index contributed by atoms with van der Waals surface area (Å²) in [6, 6.07) is 10.9. The number of alkyl halides is 3. The third-order valence-electron chi connectivity index (χ3n) is 5.32. The number of hydrogen-bond donors (Lipinski definition) is 1. The van der Waals surface area contributed by atoms with Gasteiger partial charge in [-0.05, 0) is 62.4 Å². The molecular formula is C25H31F3N2OS. The maximum Gasteiger partial charge on any atom is 0.417 e. The van der Waals surface area contributed by atoms with Crippen molar-refractivity contribution in [2.45, 2.75) is 65.1 Å². The van der Waals surface area contributed by atoms with Crippen molar-refractivity contribution in [1.82, 2.24) is 9.29 Å². The Morgan fingerprint density at radius 2 is 1.69 bits per heavy atom. The summed E-state index contributed by atoms with van der Waals surface area (Å²) in [5, 5.41) is 0.949. The Morgan fingerprint density at radius 3 is 2.28 bits per heavy atom. The summed E-state index contributed by atoms with van der Waals surface area (Å²) >= 11 is -1.24. The number of benzene rings is 2. The first-order chi connectivity index (χ1) is 14.8. The van der Waals surface area contributed by atoms with Crippen LogP contribution in [0.4, 0.5) is 13.2 Å². The predicted octanol–water partition coefficient (Wildman–Crippen LogP) is 7.10. The second-order valence-electron chi connectivity index (χ2n) is 9.63. The molecule has 0 fully saturated rings. The molecule has 0 spiro atoms. The fourth-order valence-electron chi connectivity index (χ4n) is 3.76. The summed E-state index contributed by atoms with van der Waals surface area (Å²) in [7, 11) is 0. The molecule has 0 saturated heterocycles. The minimum Gasteiger partial charge on any atom is -0.598 e. The van der Waals surface area contributed by atoms with Crippen LogP contribution in [-0.4, -0.2) is 13.9 Å². The van der Waals surface area contributed by atoms with Gasteiger partial charge in [0, 0.05) is 35.0 Å². The van der Waals surface area contributed by atoms with Crippen molar-refractivity contribution in [3.8, 4) is 11.1 Å². The highest BCUT2D eigenvalue weighted by Crippen LogP contribution is 2.39. The standard InChI is InChI=1S/C25H31F3N2OS/c1-16(2)14-30-15-21(17(3)29-32(31)24(4,5)6)20-12-11-18(13-23(20)30)19-9-7-8-10-22(19)25(26,27)28/h7-13,15-17,29H,14H2,1-6H3/t17-,32+/m0/s1. The molecule has 2 atom stereocenters. The van der Waals surface area contributed by atoms with Gasteiger partial charge in [0.2, 0.25) is 0 Å². The van der Waals surface area contributed by atoms with E-state index in [0.29, 0.717) is 11.5 Å². The molecule has 0 aliphatic rings. The van der Waals surface area contributed by atoms with E-state index in [4.69, 9.17) is 0 Å². The summed E-state index contributed by atoms with van der Waals surface area (Å²) < 4.78 is 58.2. The van der Waals surface area contributed by atoms with Crippen LogP contribution in [0, 0.1) is 5.92 Å². The molecule has 0 bridgehead atoms. The van der Waals surface area contributed by atoms with Gasteiger partial charge in [0.1, 0.15) is 4.75 Å². The third kappa shape index (κ3) is 5.33. The van der Waals surface area contributed by atoms with Crippen molar-refractivity contribution in [3.63, 3.8) is 0 Å². The molecule has 3 aromatic rings. The lowest BCUT2D eigenvalue weighted by atomic mass is 9.97. The Bertz CT molecular complexity index is 1080. The van der Waals surface area contributed by atoms with Crippen molar-refractivity contribution in [2.24, 2.45) is 5.92 Å². The average molecular weight is 465 g/mol. The summed E-state index contributed by atoms with van der Waals surface area (Å²) in [5.74, 6) is 0.358. The van der Waals surface area contributed by atoms with E-state index >= 15 is 0 Å². The van der Waals surface area contributed by atoms with Crippen LogP contribution < -0.4 is 4.72 Å². The highest BCUT2D eigenvalue weighted by Gasteiger charge is 2.33. The first kappa shape index (κ1) is 24.7. The van der Waals surface area contributed by atoms with Gasteiger partial charge in [0.05, 0.1) is 11.6 Å². The first-order valence-corrected chi connectivity index (χ1v) is 11.9. The topological polar surface area (TPSA) is 40.0 Å². The fraction of sp³-hybridized carbons (Fsp3) is 0.440. The molecule has 0 aliphatic carbocycles. The number of nitrogens with one attached hydrogen (secondary N) is 1. The Balaban J connectivity index is 2.12. The third-order valence-corrected chi connectivity index (χ3v) is 7.00. The molecule has 0 unspecified atom stereocenters. The number of aromatic nitrogens is 1. The first-order valence-electron chi connectivity index (χ1n) is 10.8. The van der Waals surface area contributed by atoms with Crippen molar-refractivity contribution in [3.05, 3.63) is 59.8 Å². The predicted molar refractivity (Wildman–Crippen MR) is 127 cm³/mol. The Labute approximate surface area is 191 Å². The molecule has 0 amide bonds. The zero-order valence-corrected chi connectivity index (χ0v) is 20.2. The fourth-order valence-corrected chi connectivity index (χ4v) is 4.56. The molecule has 1 aromatic heterocycles. The van der Waals surface area contributed by atoms with Crippen LogP contribution in [0.25, 0.3) is 22.0 Å². The summed E-state index contributed by atoms with van der Waals surface area (Å²) in [5.41, 5.74) is 1.91. The van der Waals surface area contributed by atoms with Gasteiger partial charge in [-0.1, -0.05) is 44.2 Å². The average Bonchev–Trinajstić information content (AvgIpc) is 3.04. The Morgan fingerprint density at radius 1 is 1.03 bits per heavy atom. The number of nitrogens with zero attached hydrogens (tertiary/aromatic N) is 1. The molecule has 32 heavy (non-hydrogen) atoms. The molecule has 1 N–H and O–H groups in total. The van der Waals surface area contributed by atoms with Crippen LogP contribution in [-0.2, 0) is 24.1 Å². The molecule has 0 radical (unpaired) electrons. The lowest BCUT2D eigenvalue weighted by Crippen LogP contribution is -2.40. The van der Waals surface area contributed by atoms with Crippen molar-refractivity contribution < 1.29 is 17.7 Å². The highest BCUT2D eigenvalue weighted by molar-refractivity contribution is 7.90. The van der Waals surface area contributed by atoms with Gasteiger partial charge in [0.25, 0.3) is 0 Å². The molecule has 1 heterocycles. The number of hydrogen-bond acceptors (Lipinski definition) is 2. The maximum atomic E-state index is 13.6. The van der Waals surface area contributed by atoms with E-state index in [1.54, 1.807) is 12.1 Å². The van der Waals surface area contributed by atoms with Gasteiger partial charge < -0.3 is 9.12 Å². The van der Waals surface area contributed by atoms with E-state index < -0.39 is 27.8 Å². The van der Waals surface area contributed by atoms with Crippen LogP contribution in [0.1, 0.15) is 58.7 Å². The molecule has 7 heteroatoms. The second-order valence-corrected chi connectivity index (χ2v) is 11.6. The quantitative estimate of drug-likeness (QED) is 0.395. The smallest absolute Gasteiger partial charge is 0.417 e. The largest absolute Gasteiger partial charge is 0.598 e. The minimum absolute atomic E-state index is 0.167. The van der Waals surface area contributed by atoms with Crippen LogP contribution in [0.5, 0.6) is 0 Å². The van der Waals surface area contributed by atoms with Gasteiger partial charge in [-0.25, -0.2) is 0 Å². The summed E-state index contributed by atoms with van der Waals surface area (Å²) in [6.07, 6.45) is -2.40. The molecule has 3 rings (SSSR count). The molecule has 0 aliphatic heterocycles. The van der Waals surface area contributed by atoms with Crippen LogP contribution in [0.2, 0.25) is 0 Å². The van der Waals surface area contributed by atoms with Crippen LogP contribution in [0.3, 0.4) is 0 Å². The number of rotatable bonds is 6.